The van der Waals surface area contributed by atoms with Crippen LogP contribution in [0.4, 0.5) is 11.4 Å². The quantitative estimate of drug-likeness (QED) is 0.0974. The van der Waals surface area contributed by atoms with Crippen LogP contribution in [0.25, 0.3) is 22.3 Å². The molecule has 0 amide bonds. The second-order valence-electron chi connectivity index (χ2n) is 7.59. The average Bonchev–Trinajstić information content (AvgIpc) is 2.88. The van der Waals surface area contributed by atoms with Crippen molar-refractivity contribution in [3.05, 3.63) is 111 Å². The van der Waals surface area contributed by atoms with Gasteiger partial charge in [0.2, 0.25) is 0 Å². The third kappa shape index (κ3) is 5.99. The summed E-state index contributed by atoms with van der Waals surface area (Å²) in [5.74, 6) is -0.508. The Bertz CT molecular complexity index is 1390. The molecule has 181 valence electrons. The normalized spacial score (nSPS) is 10.6. The number of esters is 1. The van der Waals surface area contributed by atoms with Crippen molar-refractivity contribution in [3.8, 4) is 22.3 Å². The minimum Gasteiger partial charge on any atom is -0.462 e. The summed E-state index contributed by atoms with van der Waals surface area (Å²) in [6.45, 7) is 1.94. The number of carbonyl (C=O) groups is 1. The average molecular weight is 538 g/mol. The van der Waals surface area contributed by atoms with E-state index in [2.05, 4.69) is 0 Å². The maximum Gasteiger partial charge on any atom is 0.340 e. The summed E-state index contributed by atoms with van der Waals surface area (Å²) in [7, 11) is 0. The molecule has 0 aromatic heterocycles. The Morgan fingerprint density at radius 2 is 1.47 bits per heavy atom. The number of rotatable bonds is 8. The molecule has 0 aliphatic carbocycles. The molecule has 0 atom stereocenters. The Morgan fingerprint density at radius 3 is 2.03 bits per heavy atom. The molecule has 36 heavy (non-hydrogen) atoms. The predicted octanol–water partition coefficient (Wildman–Crippen LogP) is 8.36. The molecular formula is C27H19Cl2N2O4S. The van der Waals surface area contributed by atoms with Crippen molar-refractivity contribution >= 4 is 52.5 Å². The SMILES string of the molecule is CCOC(=O)c1cc(-c2ccc(Cl)cc2)cc(-c2ccc(Cl)cc2)c1[N]Sc1ccc([N+](=O)[O-])cc1. The van der Waals surface area contributed by atoms with Crippen molar-refractivity contribution in [2.75, 3.05) is 6.61 Å². The first-order chi connectivity index (χ1) is 17.4. The van der Waals surface area contributed by atoms with Crippen LogP contribution in [-0.2, 0) is 4.74 Å². The molecule has 0 fully saturated rings. The Kier molecular flexibility index (Phi) is 8.15. The largest absolute Gasteiger partial charge is 0.462 e. The fourth-order valence-corrected chi connectivity index (χ4v) is 4.39. The number of nitro benzene ring substituents is 1. The van der Waals surface area contributed by atoms with Gasteiger partial charge in [-0.05, 0) is 72.1 Å². The fourth-order valence-electron chi connectivity index (χ4n) is 3.48. The lowest BCUT2D eigenvalue weighted by atomic mass is 9.94. The number of nitrogens with zero attached hydrogens (tertiary/aromatic N) is 2. The van der Waals surface area contributed by atoms with Crippen molar-refractivity contribution < 1.29 is 14.5 Å². The van der Waals surface area contributed by atoms with Crippen LogP contribution in [-0.4, -0.2) is 17.5 Å². The van der Waals surface area contributed by atoms with Crippen LogP contribution in [0.5, 0.6) is 0 Å². The van der Waals surface area contributed by atoms with E-state index in [1.807, 2.05) is 30.3 Å². The molecule has 9 heteroatoms. The van der Waals surface area contributed by atoms with Gasteiger partial charge in [-0.25, -0.2) is 9.52 Å². The molecule has 0 N–H and O–H groups in total. The number of hydrogen-bond acceptors (Lipinski definition) is 5. The number of benzene rings is 4. The molecule has 4 rings (SSSR count). The molecule has 0 aliphatic heterocycles. The van der Waals surface area contributed by atoms with Crippen LogP contribution in [0.15, 0.2) is 89.8 Å². The van der Waals surface area contributed by atoms with Gasteiger partial charge < -0.3 is 4.74 Å². The van der Waals surface area contributed by atoms with E-state index in [1.165, 1.54) is 12.1 Å². The standard InChI is InChI=1S/C27H19Cl2N2O4S/c1-2-35-27(32)25-16-19(17-3-7-20(28)8-4-17)15-24(18-5-9-21(29)10-6-18)26(25)30-36-23-13-11-22(12-14-23)31(33)34/h3-16H,2H2,1H3. The van der Waals surface area contributed by atoms with Crippen LogP contribution in [0.3, 0.4) is 0 Å². The van der Waals surface area contributed by atoms with Crippen molar-refractivity contribution in [1.82, 2.24) is 4.72 Å². The first-order valence-corrected chi connectivity index (χ1v) is 12.4. The number of halogens is 2. The zero-order valence-corrected chi connectivity index (χ0v) is 21.3. The maximum atomic E-state index is 13.1. The third-order valence-corrected chi connectivity index (χ3v) is 6.49. The summed E-state index contributed by atoms with van der Waals surface area (Å²) in [5.41, 5.74) is 3.88. The lowest BCUT2D eigenvalue weighted by Gasteiger charge is -2.17. The van der Waals surface area contributed by atoms with Crippen molar-refractivity contribution in [3.63, 3.8) is 0 Å². The molecule has 0 bridgehead atoms. The molecule has 0 heterocycles. The van der Waals surface area contributed by atoms with Gasteiger partial charge >= 0.3 is 5.97 Å². The van der Waals surface area contributed by atoms with Crippen LogP contribution in [0.2, 0.25) is 10.0 Å². The molecule has 4 aromatic carbocycles. The van der Waals surface area contributed by atoms with Gasteiger partial charge in [-0.1, -0.05) is 47.5 Å². The van der Waals surface area contributed by atoms with E-state index >= 15 is 0 Å². The molecule has 0 spiro atoms. The molecule has 6 nitrogen and oxygen atoms in total. The van der Waals surface area contributed by atoms with E-state index in [0.29, 0.717) is 31.8 Å². The van der Waals surface area contributed by atoms with Crippen LogP contribution < -0.4 is 4.72 Å². The van der Waals surface area contributed by atoms with Gasteiger partial charge in [-0.15, -0.1) is 0 Å². The highest BCUT2D eigenvalue weighted by Gasteiger charge is 2.21. The third-order valence-electron chi connectivity index (χ3n) is 5.23. The van der Waals surface area contributed by atoms with Crippen LogP contribution in [0.1, 0.15) is 17.3 Å². The number of hydrogen-bond donors (Lipinski definition) is 0. The predicted molar refractivity (Wildman–Crippen MR) is 144 cm³/mol. The maximum absolute atomic E-state index is 13.1. The minimum atomic E-state index is -0.508. The highest BCUT2D eigenvalue weighted by atomic mass is 35.5. The molecule has 1 radical (unpaired) electrons. The van der Waals surface area contributed by atoms with Gasteiger partial charge in [0.25, 0.3) is 5.69 Å². The Morgan fingerprint density at radius 1 is 0.889 bits per heavy atom. The molecule has 4 aromatic rings. The van der Waals surface area contributed by atoms with Gasteiger partial charge in [-0.2, -0.15) is 0 Å². The fraction of sp³-hybridized carbons (Fsp3) is 0.0741. The molecule has 0 saturated carbocycles. The van der Waals surface area contributed by atoms with Gasteiger partial charge in [0.05, 0.1) is 22.8 Å². The highest BCUT2D eigenvalue weighted by molar-refractivity contribution is 7.97. The van der Waals surface area contributed by atoms with Gasteiger partial charge in [0, 0.05) is 44.6 Å². The number of carbonyl (C=O) groups excluding carboxylic acids is 1. The summed E-state index contributed by atoms with van der Waals surface area (Å²) in [5, 5.41) is 12.2. The molecule has 0 unspecified atom stereocenters. The van der Waals surface area contributed by atoms with E-state index in [4.69, 9.17) is 32.7 Å². The minimum absolute atomic E-state index is 0.0132. The van der Waals surface area contributed by atoms with Gasteiger partial charge in [-0.3, -0.25) is 10.1 Å². The van der Waals surface area contributed by atoms with Gasteiger partial charge in [0.15, 0.2) is 0 Å². The monoisotopic (exact) mass is 537 g/mol. The van der Waals surface area contributed by atoms with Crippen LogP contribution in [0, 0.1) is 10.1 Å². The molecule has 0 aliphatic rings. The van der Waals surface area contributed by atoms with E-state index in [0.717, 1.165) is 28.6 Å². The summed E-state index contributed by atoms with van der Waals surface area (Å²) in [4.78, 5) is 24.3. The zero-order valence-electron chi connectivity index (χ0n) is 19.0. The molecule has 0 saturated heterocycles. The summed E-state index contributed by atoms with van der Waals surface area (Å²) < 4.78 is 10.1. The zero-order chi connectivity index (χ0) is 25.7. The van der Waals surface area contributed by atoms with Crippen molar-refractivity contribution in [2.24, 2.45) is 0 Å². The molecular weight excluding hydrogens is 519 g/mol. The highest BCUT2D eigenvalue weighted by Crippen LogP contribution is 2.39. The smallest absolute Gasteiger partial charge is 0.340 e. The summed E-state index contributed by atoms with van der Waals surface area (Å²) in [6, 6.07) is 24.3. The summed E-state index contributed by atoms with van der Waals surface area (Å²) >= 11 is 13.3. The van der Waals surface area contributed by atoms with E-state index in [-0.39, 0.29) is 12.3 Å². The van der Waals surface area contributed by atoms with Crippen LogP contribution >= 0.6 is 35.1 Å². The Balaban J connectivity index is 1.83. The topological polar surface area (TPSA) is 83.5 Å². The first-order valence-electron chi connectivity index (χ1n) is 10.8. The van der Waals surface area contributed by atoms with E-state index in [9.17, 15) is 14.9 Å². The van der Waals surface area contributed by atoms with Crippen molar-refractivity contribution in [1.29, 1.82) is 0 Å². The van der Waals surface area contributed by atoms with Crippen molar-refractivity contribution in [2.45, 2.75) is 11.8 Å². The summed E-state index contributed by atoms with van der Waals surface area (Å²) in [6.07, 6.45) is 0. The Labute approximate surface area is 222 Å². The van der Waals surface area contributed by atoms with E-state index in [1.54, 1.807) is 49.4 Å². The second kappa shape index (κ2) is 11.5. The second-order valence-corrected chi connectivity index (χ2v) is 9.30. The lowest BCUT2D eigenvalue weighted by Crippen LogP contribution is -2.09. The number of non-ortho nitro benzene ring substituents is 1. The van der Waals surface area contributed by atoms with E-state index < -0.39 is 10.9 Å². The first kappa shape index (κ1) is 25.6. The lowest BCUT2D eigenvalue weighted by molar-refractivity contribution is -0.384. The number of nitro groups is 1. The number of ether oxygens (including phenoxy) is 1. The van der Waals surface area contributed by atoms with Gasteiger partial charge in [0.1, 0.15) is 0 Å². The Hall–Kier alpha value is -3.52.